The number of hydrogen-bond acceptors (Lipinski definition) is 3. The third-order valence-electron chi connectivity index (χ3n) is 1.79. The zero-order valence-corrected chi connectivity index (χ0v) is 7.64. The van der Waals surface area contributed by atoms with E-state index in [1.165, 1.54) is 6.92 Å². The van der Waals surface area contributed by atoms with Gasteiger partial charge in [-0.25, -0.2) is 4.98 Å². The molecule has 0 unspecified atom stereocenters. The van der Waals surface area contributed by atoms with Gasteiger partial charge in [-0.2, -0.15) is 13.2 Å². The summed E-state index contributed by atoms with van der Waals surface area (Å²) >= 11 is 0. The molecule has 78 valence electrons. The molecule has 3 nitrogen and oxygen atoms in total. The second-order valence-corrected chi connectivity index (χ2v) is 2.72. The molecule has 0 aliphatic rings. The second kappa shape index (κ2) is 3.36. The van der Waals surface area contributed by atoms with Crippen LogP contribution in [0.25, 0.3) is 0 Å². The standard InChI is InChI=1S/C8H9F3N2O/c1-4-5(12)3-13-7(6(4)14-2)8(9,10)11/h3H,12H2,1-2H3. The average Bonchev–Trinajstić information content (AvgIpc) is 2.07. The van der Waals surface area contributed by atoms with E-state index >= 15 is 0 Å². The van der Waals surface area contributed by atoms with Gasteiger partial charge < -0.3 is 10.5 Å². The minimum absolute atomic E-state index is 0.176. The number of ether oxygens (including phenoxy) is 1. The van der Waals surface area contributed by atoms with Gasteiger partial charge in [0.25, 0.3) is 0 Å². The summed E-state index contributed by atoms with van der Waals surface area (Å²) < 4.78 is 41.7. The lowest BCUT2D eigenvalue weighted by molar-refractivity contribution is -0.142. The molecule has 0 amide bonds. The molecule has 1 aromatic heterocycles. The molecule has 0 saturated heterocycles. The van der Waals surface area contributed by atoms with E-state index in [4.69, 9.17) is 5.73 Å². The van der Waals surface area contributed by atoms with Crippen molar-refractivity contribution in [3.8, 4) is 5.75 Å². The minimum atomic E-state index is -4.52. The Balaban J connectivity index is 3.39. The van der Waals surface area contributed by atoms with Gasteiger partial charge in [-0.15, -0.1) is 0 Å². The lowest BCUT2D eigenvalue weighted by Gasteiger charge is -2.13. The van der Waals surface area contributed by atoms with Gasteiger partial charge >= 0.3 is 6.18 Å². The Labute approximate surface area is 78.7 Å². The number of alkyl halides is 3. The Morgan fingerprint density at radius 2 is 2.00 bits per heavy atom. The first-order valence-electron chi connectivity index (χ1n) is 3.74. The smallest absolute Gasteiger partial charge is 0.437 e. The highest BCUT2D eigenvalue weighted by molar-refractivity contribution is 5.54. The van der Waals surface area contributed by atoms with Crippen LogP contribution in [-0.4, -0.2) is 12.1 Å². The highest BCUT2D eigenvalue weighted by Gasteiger charge is 2.37. The van der Waals surface area contributed by atoms with Crippen LogP contribution in [0.4, 0.5) is 18.9 Å². The number of hydrogen-bond donors (Lipinski definition) is 1. The van der Waals surface area contributed by atoms with Crippen molar-refractivity contribution >= 4 is 5.69 Å². The fraction of sp³-hybridized carbons (Fsp3) is 0.375. The van der Waals surface area contributed by atoms with Crippen LogP contribution in [0.15, 0.2) is 6.20 Å². The van der Waals surface area contributed by atoms with Gasteiger partial charge in [0, 0.05) is 5.56 Å². The van der Waals surface area contributed by atoms with Crippen LogP contribution in [0.2, 0.25) is 0 Å². The summed E-state index contributed by atoms with van der Waals surface area (Å²) in [4.78, 5) is 3.21. The molecule has 1 rings (SSSR count). The predicted octanol–water partition coefficient (Wildman–Crippen LogP) is 2.00. The van der Waals surface area contributed by atoms with Crippen molar-refractivity contribution in [2.75, 3.05) is 12.8 Å². The molecule has 0 spiro atoms. The number of pyridine rings is 1. The SMILES string of the molecule is COc1c(C(F)(F)F)ncc(N)c1C. The summed E-state index contributed by atoms with van der Waals surface area (Å²) in [5.74, 6) is -0.322. The van der Waals surface area contributed by atoms with Crippen molar-refractivity contribution < 1.29 is 17.9 Å². The van der Waals surface area contributed by atoms with Crippen LogP contribution >= 0.6 is 0 Å². The fourth-order valence-corrected chi connectivity index (χ4v) is 1.05. The third-order valence-corrected chi connectivity index (χ3v) is 1.79. The van der Waals surface area contributed by atoms with E-state index in [1.54, 1.807) is 0 Å². The van der Waals surface area contributed by atoms with Crippen LogP contribution in [0.3, 0.4) is 0 Å². The van der Waals surface area contributed by atoms with Crippen molar-refractivity contribution in [2.45, 2.75) is 13.1 Å². The van der Waals surface area contributed by atoms with Crippen LogP contribution in [0.5, 0.6) is 5.75 Å². The molecule has 1 aromatic rings. The first kappa shape index (κ1) is 10.6. The summed E-state index contributed by atoms with van der Waals surface area (Å²) in [6.45, 7) is 1.45. The van der Waals surface area contributed by atoms with Crippen molar-refractivity contribution in [1.29, 1.82) is 0 Å². The molecular weight excluding hydrogens is 197 g/mol. The Morgan fingerprint density at radius 3 is 2.43 bits per heavy atom. The molecule has 6 heteroatoms. The van der Waals surface area contributed by atoms with Gasteiger partial charge in [0.15, 0.2) is 11.4 Å². The molecule has 0 aliphatic carbocycles. The monoisotopic (exact) mass is 206 g/mol. The number of nitrogen functional groups attached to an aromatic ring is 1. The van der Waals surface area contributed by atoms with Gasteiger partial charge in [-0.1, -0.05) is 0 Å². The fourth-order valence-electron chi connectivity index (χ4n) is 1.05. The topological polar surface area (TPSA) is 48.1 Å². The molecule has 0 radical (unpaired) electrons. The maximum absolute atomic E-state index is 12.4. The Morgan fingerprint density at radius 1 is 1.43 bits per heavy atom. The highest BCUT2D eigenvalue weighted by Crippen LogP contribution is 2.37. The predicted molar refractivity (Wildman–Crippen MR) is 44.9 cm³/mol. The molecule has 0 aromatic carbocycles. The Kier molecular flexibility index (Phi) is 2.55. The number of nitrogens with zero attached hydrogens (tertiary/aromatic N) is 1. The lowest BCUT2D eigenvalue weighted by Crippen LogP contribution is -2.12. The minimum Gasteiger partial charge on any atom is -0.494 e. The Bertz CT molecular complexity index is 349. The van der Waals surface area contributed by atoms with Crippen LogP contribution < -0.4 is 10.5 Å². The summed E-state index contributed by atoms with van der Waals surface area (Å²) in [7, 11) is 1.15. The van der Waals surface area contributed by atoms with Crippen LogP contribution in [0.1, 0.15) is 11.3 Å². The number of anilines is 1. The van der Waals surface area contributed by atoms with Crippen molar-refractivity contribution in [1.82, 2.24) is 4.98 Å². The maximum atomic E-state index is 12.4. The van der Waals surface area contributed by atoms with Gasteiger partial charge in [-0.05, 0) is 6.92 Å². The van der Waals surface area contributed by atoms with Gasteiger partial charge in [0.1, 0.15) is 0 Å². The normalized spacial score (nSPS) is 11.5. The van der Waals surface area contributed by atoms with Crippen molar-refractivity contribution in [3.63, 3.8) is 0 Å². The number of rotatable bonds is 1. The number of nitrogens with two attached hydrogens (primary N) is 1. The van der Waals surface area contributed by atoms with Crippen molar-refractivity contribution in [3.05, 3.63) is 17.5 Å². The maximum Gasteiger partial charge on any atom is 0.437 e. The molecule has 1 heterocycles. The molecule has 0 atom stereocenters. The Hall–Kier alpha value is -1.46. The van der Waals surface area contributed by atoms with E-state index in [0.717, 1.165) is 13.3 Å². The number of halogens is 3. The van der Waals surface area contributed by atoms with E-state index in [2.05, 4.69) is 9.72 Å². The van der Waals surface area contributed by atoms with E-state index in [0.29, 0.717) is 0 Å². The first-order valence-corrected chi connectivity index (χ1v) is 3.74. The van der Waals surface area contributed by atoms with Crippen LogP contribution in [-0.2, 0) is 6.18 Å². The molecular formula is C8H9F3N2O. The molecule has 0 bridgehead atoms. The highest BCUT2D eigenvalue weighted by atomic mass is 19.4. The molecule has 2 N–H and O–H groups in total. The van der Waals surface area contributed by atoms with Gasteiger partial charge in [0.05, 0.1) is 19.0 Å². The van der Waals surface area contributed by atoms with E-state index in [9.17, 15) is 13.2 Å². The largest absolute Gasteiger partial charge is 0.494 e. The second-order valence-electron chi connectivity index (χ2n) is 2.72. The summed E-state index contributed by atoms with van der Waals surface area (Å²) in [6, 6.07) is 0. The van der Waals surface area contributed by atoms with E-state index < -0.39 is 11.9 Å². The van der Waals surface area contributed by atoms with E-state index in [1.807, 2.05) is 0 Å². The van der Waals surface area contributed by atoms with Crippen molar-refractivity contribution in [2.24, 2.45) is 0 Å². The summed E-state index contributed by atoms with van der Waals surface area (Å²) in [5.41, 5.74) is 4.77. The summed E-state index contributed by atoms with van der Waals surface area (Å²) in [6.07, 6.45) is -3.55. The average molecular weight is 206 g/mol. The van der Waals surface area contributed by atoms with E-state index in [-0.39, 0.29) is 17.0 Å². The summed E-state index contributed by atoms with van der Waals surface area (Å²) in [5, 5.41) is 0. The number of aromatic nitrogens is 1. The third kappa shape index (κ3) is 1.73. The molecule has 14 heavy (non-hydrogen) atoms. The van der Waals surface area contributed by atoms with Crippen LogP contribution in [0, 0.1) is 6.92 Å². The molecule has 0 aliphatic heterocycles. The van der Waals surface area contributed by atoms with Gasteiger partial charge in [-0.3, -0.25) is 0 Å². The quantitative estimate of drug-likeness (QED) is 0.764. The van der Waals surface area contributed by atoms with Gasteiger partial charge in [0.2, 0.25) is 0 Å². The lowest BCUT2D eigenvalue weighted by atomic mass is 10.2. The zero-order valence-electron chi connectivity index (χ0n) is 7.64. The molecule has 0 fully saturated rings. The zero-order chi connectivity index (χ0) is 10.9. The molecule has 0 saturated carbocycles. The number of methoxy groups -OCH3 is 1. The first-order chi connectivity index (χ1) is 6.38.